The van der Waals surface area contributed by atoms with Crippen molar-refractivity contribution in [3.63, 3.8) is 0 Å². The topological polar surface area (TPSA) is 27.7 Å². The summed E-state index contributed by atoms with van der Waals surface area (Å²) in [5.74, 6) is 0. The molecule has 0 fully saturated rings. The van der Waals surface area contributed by atoms with Gasteiger partial charge in [-0.15, -0.1) is 17.6 Å². The van der Waals surface area contributed by atoms with Crippen LogP contribution in [0.25, 0.3) is 0 Å². The molecule has 0 rings (SSSR count). The minimum Gasteiger partial charge on any atom is -0.389 e. The number of hydrogen-bond donors (Lipinski definition) is 0. The SMILES string of the molecule is FC(F)=C(F)OC(F)(OC(F)=C(F)F)C(F)(F)OC(F)(F)F. The van der Waals surface area contributed by atoms with Crippen molar-refractivity contribution in [2.75, 3.05) is 0 Å². The smallest absolute Gasteiger partial charge is 0.389 e. The zero-order valence-corrected chi connectivity index (χ0v) is 9.26. The van der Waals surface area contributed by atoms with E-state index in [0.717, 1.165) is 0 Å². The number of alkyl halides is 6. The number of halogens is 12. The van der Waals surface area contributed by atoms with Crippen molar-refractivity contribution in [2.24, 2.45) is 0 Å². The van der Waals surface area contributed by atoms with E-state index >= 15 is 0 Å². The van der Waals surface area contributed by atoms with Crippen LogP contribution < -0.4 is 0 Å². The first kappa shape index (κ1) is 20.2. The molecule has 22 heavy (non-hydrogen) atoms. The highest BCUT2D eigenvalue weighted by Crippen LogP contribution is 2.44. The van der Waals surface area contributed by atoms with Gasteiger partial charge >= 0.3 is 42.7 Å². The number of ether oxygens (including phenoxy) is 3. The molecule has 130 valence electrons. The summed E-state index contributed by atoms with van der Waals surface area (Å²) in [6.45, 7) is 0. The van der Waals surface area contributed by atoms with Gasteiger partial charge in [0.1, 0.15) is 0 Å². The predicted molar refractivity (Wildman–Crippen MR) is 38.8 cm³/mol. The zero-order valence-electron chi connectivity index (χ0n) is 9.26. The van der Waals surface area contributed by atoms with Gasteiger partial charge in [-0.05, 0) is 0 Å². The Balaban J connectivity index is 5.79. The molecule has 15 heteroatoms. The molecule has 0 aromatic rings. The van der Waals surface area contributed by atoms with E-state index in [-0.39, 0.29) is 0 Å². The lowest BCUT2D eigenvalue weighted by atomic mass is 10.5. The van der Waals surface area contributed by atoms with E-state index < -0.39 is 42.7 Å². The molecule has 0 spiro atoms. The fourth-order valence-corrected chi connectivity index (χ4v) is 0.654. The van der Waals surface area contributed by atoms with E-state index in [1.807, 2.05) is 0 Å². The molecule has 0 unspecified atom stereocenters. The predicted octanol–water partition coefficient (Wildman–Crippen LogP) is 4.84. The standard InChI is InChI=1S/C7F12O3/c8-1(9)3(12)20-6(16,21-4(13)2(10)11)5(14,15)22-7(17,18)19. The fraction of sp³-hybridized carbons (Fsp3) is 0.429. The average molecular weight is 360 g/mol. The van der Waals surface area contributed by atoms with Gasteiger partial charge in [-0.25, -0.2) is 4.74 Å². The highest BCUT2D eigenvalue weighted by Gasteiger charge is 2.69. The molecule has 0 radical (unpaired) electrons. The quantitative estimate of drug-likeness (QED) is 0.385. The summed E-state index contributed by atoms with van der Waals surface area (Å²) in [5, 5.41) is 0. The molecule has 0 N–H and O–H groups in total. The monoisotopic (exact) mass is 360 g/mol. The maximum atomic E-state index is 13.3. The summed E-state index contributed by atoms with van der Waals surface area (Å²) in [6.07, 6.45) is -20.4. The molecule has 0 saturated carbocycles. The molecule has 0 aliphatic heterocycles. The molecule has 0 heterocycles. The van der Waals surface area contributed by atoms with Crippen molar-refractivity contribution >= 4 is 0 Å². The van der Waals surface area contributed by atoms with Crippen LogP contribution in [0.1, 0.15) is 0 Å². The first-order valence-electron chi connectivity index (χ1n) is 4.24. The van der Waals surface area contributed by atoms with Gasteiger partial charge < -0.3 is 9.47 Å². The summed E-state index contributed by atoms with van der Waals surface area (Å²) in [4.78, 5) is 0. The van der Waals surface area contributed by atoms with Crippen molar-refractivity contribution in [3.8, 4) is 0 Å². The van der Waals surface area contributed by atoms with Crippen molar-refractivity contribution in [2.45, 2.75) is 18.5 Å². The third kappa shape index (κ3) is 5.53. The third-order valence-corrected chi connectivity index (χ3v) is 1.33. The van der Waals surface area contributed by atoms with Gasteiger partial charge in [-0.1, -0.05) is 0 Å². The van der Waals surface area contributed by atoms with Crippen molar-refractivity contribution in [3.05, 3.63) is 24.2 Å². The van der Waals surface area contributed by atoms with Crippen LogP contribution in [0.2, 0.25) is 0 Å². The Morgan fingerprint density at radius 2 is 0.909 bits per heavy atom. The first-order valence-corrected chi connectivity index (χ1v) is 4.24. The maximum absolute atomic E-state index is 13.3. The van der Waals surface area contributed by atoms with Crippen molar-refractivity contribution in [1.29, 1.82) is 0 Å². The lowest BCUT2D eigenvalue weighted by molar-refractivity contribution is -0.520. The molecule has 0 aliphatic carbocycles. The Labute approximate surface area is 111 Å². The molecule has 0 aliphatic rings. The third-order valence-electron chi connectivity index (χ3n) is 1.33. The summed E-state index contributed by atoms with van der Waals surface area (Å²) >= 11 is 0. The van der Waals surface area contributed by atoms with Crippen LogP contribution in [0, 0.1) is 0 Å². The van der Waals surface area contributed by atoms with E-state index in [0.29, 0.717) is 0 Å². The molecule has 0 aromatic carbocycles. The molecule has 0 atom stereocenters. The second-order valence-electron chi connectivity index (χ2n) is 2.87. The highest BCUT2D eigenvalue weighted by atomic mass is 19.4. The van der Waals surface area contributed by atoms with Crippen LogP contribution in [-0.2, 0) is 14.2 Å². The second kappa shape index (κ2) is 6.53. The van der Waals surface area contributed by atoms with Crippen LogP contribution in [0.5, 0.6) is 0 Å². The van der Waals surface area contributed by atoms with E-state index in [1.54, 1.807) is 4.74 Å². The van der Waals surface area contributed by atoms with Crippen LogP contribution in [0.15, 0.2) is 24.2 Å². The molecular formula is C7F12O3. The maximum Gasteiger partial charge on any atom is 0.527 e. The van der Waals surface area contributed by atoms with Crippen molar-refractivity contribution < 1.29 is 66.9 Å². The van der Waals surface area contributed by atoms with Crippen LogP contribution >= 0.6 is 0 Å². The Bertz CT molecular complexity index is 432. The van der Waals surface area contributed by atoms with Crippen LogP contribution in [0.4, 0.5) is 52.7 Å². The van der Waals surface area contributed by atoms with Gasteiger partial charge in [-0.3, -0.25) is 0 Å². The highest BCUT2D eigenvalue weighted by molar-refractivity contribution is 4.89. The van der Waals surface area contributed by atoms with Crippen LogP contribution in [-0.4, -0.2) is 18.5 Å². The van der Waals surface area contributed by atoms with Crippen molar-refractivity contribution in [1.82, 2.24) is 0 Å². The Morgan fingerprint density at radius 3 is 1.14 bits per heavy atom. The Hall–Kier alpha value is -1.80. The Kier molecular flexibility index (Phi) is 6.00. The van der Waals surface area contributed by atoms with Gasteiger partial charge in [0.15, 0.2) is 0 Å². The van der Waals surface area contributed by atoms with E-state index in [1.165, 1.54) is 0 Å². The van der Waals surface area contributed by atoms with Gasteiger partial charge in [-0.2, -0.15) is 35.1 Å². The van der Waals surface area contributed by atoms with E-state index in [4.69, 9.17) is 0 Å². The minimum absolute atomic E-state index is 1.72. The normalized spacial score (nSPS) is 12.7. The lowest BCUT2D eigenvalue weighted by Gasteiger charge is -2.30. The molecule has 3 nitrogen and oxygen atoms in total. The fourth-order valence-electron chi connectivity index (χ4n) is 0.654. The number of rotatable bonds is 6. The van der Waals surface area contributed by atoms with E-state index in [9.17, 15) is 52.7 Å². The molecule has 0 saturated heterocycles. The lowest BCUT2D eigenvalue weighted by Crippen LogP contribution is -2.52. The van der Waals surface area contributed by atoms with Gasteiger partial charge in [0.2, 0.25) is 0 Å². The van der Waals surface area contributed by atoms with Gasteiger partial charge in [0, 0.05) is 0 Å². The van der Waals surface area contributed by atoms with Gasteiger partial charge in [0.25, 0.3) is 0 Å². The van der Waals surface area contributed by atoms with Crippen LogP contribution in [0.3, 0.4) is 0 Å². The molecule has 0 amide bonds. The second-order valence-corrected chi connectivity index (χ2v) is 2.87. The summed E-state index contributed by atoms with van der Waals surface area (Å²) < 4.78 is 151. The summed E-state index contributed by atoms with van der Waals surface area (Å²) in [7, 11) is 0. The Morgan fingerprint density at radius 1 is 0.591 bits per heavy atom. The number of hydrogen-bond acceptors (Lipinski definition) is 3. The van der Waals surface area contributed by atoms with E-state index in [2.05, 4.69) is 9.47 Å². The summed E-state index contributed by atoms with van der Waals surface area (Å²) in [6, 6.07) is -13.4. The molecule has 0 bridgehead atoms. The molecule has 0 aromatic heterocycles. The minimum atomic E-state index is -6.58. The summed E-state index contributed by atoms with van der Waals surface area (Å²) in [5.41, 5.74) is 0. The average Bonchev–Trinajstić information content (AvgIpc) is 2.24. The molecular weight excluding hydrogens is 360 g/mol. The zero-order chi connectivity index (χ0) is 17.9. The first-order chi connectivity index (χ1) is 9.61. The van der Waals surface area contributed by atoms with Gasteiger partial charge in [0.05, 0.1) is 0 Å². The largest absolute Gasteiger partial charge is 0.527 e.